The number of nitrogens with one attached hydrogen (secondary N) is 1. The van der Waals surface area contributed by atoms with E-state index in [4.69, 9.17) is 0 Å². The van der Waals surface area contributed by atoms with E-state index in [1.165, 1.54) is 4.90 Å². The first-order chi connectivity index (χ1) is 9.52. The number of hydrogen-bond acceptors (Lipinski definition) is 6. The minimum absolute atomic E-state index is 0.0155. The summed E-state index contributed by atoms with van der Waals surface area (Å²) in [5.41, 5.74) is 0.242. The highest BCUT2D eigenvalue weighted by molar-refractivity contribution is 7.91. The highest BCUT2D eigenvalue weighted by Gasteiger charge is 2.24. The molecule has 1 amide bonds. The molecule has 0 spiro atoms. The maximum atomic E-state index is 12.2. The largest absolute Gasteiger partial charge is 0.369 e. The lowest BCUT2D eigenvalue weighted by molar-refractivity contribution is 0.0761. The summed E-state index contributed by atoms with van der Waals surface area (Å²) >= 11 is 0. The van der Waals surface area contributed by atoms with E-state index < -0.39 is 9.84 Å². The lowest BCUT2D eigenvalue weighted by Gasteiger charge is -2.18. The van der Waals surface area contributed by atoms with Gasteiger partial charge in [-0.2, -0.15) is 0 Å². The molecule has 0 aromatic carbocycles. The monoisotopic (exact) mass is 298 g/mol. The van der Waals surface area contributed by atoms with Crippen LogP contribution in [0.3, 0.4) is 0 Å². The van der Waals surface area contributed by atoms with E-state index >= 15 is 0 Å². The van der Waals surface area contributed by atoms with Crippen LogP contribution in [0.2, 0.25) is 0 Å². The first-order valence-electron chi connectivity index (χ1n) is 6.59. The van der Waals surface area contributed by atoms with E-state index in [-0.39, 0.29) is 29.7 Å². The summed E-state index contributed by atoms with van der Waals surface area (Å²) in [4.78, 5) is 13.8. The third-order valence-electron chi connectivity index (χ3n) is 3.08. The minimum Gasteiger partial charge on any atom is -0.369 e. The third-order valence-corrected chi connectivity index (χ3v) is 4.80. The molecule has 0 unspecified atom stereocenters. The average molecular weight is 298 g/mol. The smallest absolute Gasteiger partial charge is 0.274 e. The lowest BCUT2D eigenvalue weighted by Crippen LogP contribution is -2.34. The SMILES string of the molecule is CCNc1ccc(C(=O)N2CCCS(=O)(=O)CC2)nn1. The molecular formula is C12H18N4O3S. The summed E-state index contributed by atoms with van der Waals surface area (Å²) in [5.74, 6) is 0.504. The van der Waals surface area contributed by atoms with Gasteiger partial charge < -0.3 is 10.2 Å². The first kappa shape index (κ1) is 14.7. The molecule has 2 heterocycles. The van der Waals surface area contributed by atoms with Crippen LogP contribution in [0, 0.1) is 0 Å². The first-order valence-corrected chi connectivity index (χ1v) is 8.41. The number of aromatic nitrogens is 2. The van der Waals surface area contributed by atoms with Crippen molar-refractivity contribution < 1.29 is 13.2 Å². The Hall–Kier alpha value is -1.70. The molecule has 0 saturated carbocycles. The second kappa shape index (κ2) is 6.17. The van der Waals surface area contributed by atoms with E-state index in [1.807, 2.05) is 6.92 Å². The van der Waals surface area contributed by atoms with Gasteiger partial charge in [-0.25, -0.2) is 8.42 Å². The molecule has 1 aliphatic heterocycles. The molecule has 0 atom stereocenters. The van der Waals surface area contributed by atoms with Crippen LogP contribution in [-0.2, 0) is 9.84 Å². The van der Waals surface area contributed by atoms with Crippen LogP contribution in [0.1, 0.15) is 23.8 Å². The van der Waals surface area contributed by atoms with Crippen LogP contribution in [-0.4, -0.2) is 60.6 Å². The summed E-state index contributed by atoms with van der Waals surface area (Å²) in [7, 11) is -3.02. The molecule has 20 heavy (non-hydrogen) atoms. The molecule has 1 saturated heterocycles. The zero-order valence-electron chi connectivity index (χ0n) is 11.4. The fourth-order valence-corrected chi connectivity index (χ4v) is 3.30. The van der Waals surface area contributed by atoms with Gasteiger partial charge in [-0.15, -0.1) is 10.2 Å². The number of carbonyl (C=O) groups is 1. The highest BCUT2D eigenvalue weighted by Crippen LogP contribution is 2.10. The second-order valence-corrected chi connectivity index (χ2v) is 6.94. The minimum atomic E-state index is -3.02. The van der Waals surface area contributed by atoms with Crippen molar-refractivity contribution in [3.63, 3.8) is 0 Å². The Balaban J connectivity index is 2.06. The number of anilines is 1. The predicted octanol–water partition coefficient (Wildman–Crippen LogP) is 0.169. The molecule has 0 aliphatic carbocycles. The van der Waals surface area contributed by atoms with E-state index in [9.17, 15) is 13.2 Å². The van der Waals surface area contributed by atoms with Crippen molar-refractivity contribution in [2.45, 2.75) is 13.3 Å². The van der Waals surface area contributed by atoms with Crippen LogP contribution in [0.4, 0.5) is 5.82 Å². The maximum Gasteiger partial charge on any atom is 0.274 e. The van der Waals surface area contributed by atoms with E-state index in [1.54, 1.807) is 12.1 Å². The molecule has 0 radical (unpaired) electrons. The van der Waals surface area contributed by atoms with Crippen LogP contribution >= 0.6 is 0 Å². The summed E-state index contributed by atoms with van der Waals surface area (Å²) in [5, 5.41) is 10.8. The van der Waals surface area contributed by atoms with Gasteiger partial charge in [0.05, 0.1) is 11.5 Å². The van der Waals surface area contributed by atoms with Crippen molar-refractivity contribution in [2.24, 2.45) is 0 Å². The summed E-state index contributed by atoms with van der Waals surface area (Å²) in [6.07, 6.45) is 0.469. The third kappa shape index (κ3) is 3.66. The van der Waals surface area contributed by atoms with E-state index in [0.29, 0.717) is 18.8 Å². The van der Waals surface area contributed by atoms with Crippen molar-refractivity contribution in [2.75, 3.05) is 36.5 Å². The summed E-state index contributed by atoms with van der Waals surface area (Å²) in [6, 6.07) is 3.30. The van der Waals surface area contributed by atoms with Crippen LogP contribution < -0.4 is 5.32 Å². The number of sulfone groups is 1. The molecule has 2 rings (SSSR count). The number of nitrogens with zero attached hydrogens (tertiary/aromatic N) is 3. The Morgan fingerprint density at radius 3 is 2.75 bits per heavy atom. The average Bonchev–Trinajstić information content (AvgIpc) is 2.60. The molecule has 7 nitrogen and oxygen atoms in total. The van der Waals surface area contributed by atoms with Crippen LogP contribution in [0.15, 0.2) is 12.1 Å². The molecule has 1 aliphatic rings. The fraction of sp³-hybridized carbons (Fsp3) is 0.583. The summed E-state index contributed by atoms with van der Waals surface area (Å²) in [6.45, 7) is 3.33. The molecule has 1 aromatic heterocycles. The quantitative estimate of drug-likeness (QED) is 0.855. The molecule has 110 valence electrons. The van der Waals surface area contributed by atoms with Crippen molar-refractivity contribution >= 4 is 21.6 Å². The molecular weight excluding hydrogens is 280 g/mol. The van der Waals surface area contributed by atoms with Gasteiger partial charge in [-0.05, 0) is 25.5 Å². The van der Waals surface area contributed by atoms with E-state index in [0.717, 1.165) is 6.54 Å². The normalized spacial score (nSPS) is 18.4. The Morgan fingerprint density at radius 2 is 2.10 bits per heavy atom. The van der Waals surface area contributed by atoms with Crippen molar-refractivity contribution in [3.05, 3.63) is 17.8 Å². The fourth-order valence-electron chi connectivity index (χ4n) is 2.03. The van der Waals surface area contributed by atoms with Crippen LogP contribution in [0.5, 0.6) is 0 Å². The number of carbonyl (C=O) groups excluding carboxylic acids is 1. The topological polar surface area (TPSA) is 92.3 Å². The molecule has 1 fully saturated rings. The van der Waals surface area contributed by atoms with Gasteiger partial charge in [0, 0.05) is 19.6 Å². The number of amides is 1. The molecule has 1 N–H and O–H groups in total. The zero-order chi connectivity index (χ0) is 14.6. The van der Waals surface area contributed by atoms with Gasteiger partial charge >= 0.3 is 0 Å². The van der Waals surface area contributed by atoms with Gasteiger partial charge in [-0.1, -0.05) is 0 Å². The highest BCUT2D eigenvalue weighted by atomic mass is 32.2. The predicted molar refractivity (Wildman–Crippen MR) is 75.4 cm³/mol. The van der Waals surface area contributed by atoms with Gasteiger partial charge in [0.1, 0.15) is 5.82 Å². The molecule has 0 bridgehead atoms. The Bertz CT molecular complexity index is 571. The van der Waals surface area contributed by atoms with Crippen molar-refractivity contribution in [1.82, 2.24) is 15.1 Å². The molecule has 1 aromatic rings. The van der Waals surface area contributed by atoms with Gasteiger partial charge in [0.25, 0.3) is 5.91 Å². The number of hydrogen-bond donors (Lipinski definition) is 1. The Labute approximate surface area is 118 Å². The van der Waals surface area contributed by atoms with Crippen molar-refractivity contribution in [3.8, 4) is 0 Å². The maximum absolute atomic E-state index is 12.2. The summed E-state index contributed by atoms with van der Waals surface area (Å²) < 4.78 is 23.0. The Morgan fingerprint density at radius 1 is 1.30 bits per heavy atom. The molecule has 8 heteroatoms. The zero-order valence-corrected chi connectivity index (χ0v) is 12.2. The van der Waals surface area contributed by atoms with Gasteiger partial charge in [0.15, 0.2) is 15.5 Å². The number of rotatable bonds is 3. The standard InChI is InChI=1S/C12H18N4O3S/c1-2-13-11-5-4-10(14-15-11)12(17)16-6-3-8-20(18,19)9-7-16/h4-5H,2-3,6-9H2,1H3,(H,13,15). The second-order valence-electron chi connectivity index (χ2n) is 4.63. The van der Waals surface area contributed by atoms with Crippen LogP contribution in [0.25, 0.3) is 0 Å². The lowest BCUT2D eigenvalue weighted by atomic mass is 10.3. The van der Waals surface area contributed by atoms with E-state index in [2.05, 4.69) is 15.5 Å². The van der Waals surface area contributed by atoms with Crippen molar-refractivity contribution in [1.29, 1.82) is 0 Å². The van der Waals surface area contributed by atoms with Gasteiger partial charge in [-0.3, -0.25) is 4.79 Å². The Kier molecular flexibility index (Phi) is 4.53. The van der Waals surface area contributed by atoms with Gasteiger partial charge in [0.2, 0.25) is 0 Å².